The third-order valence-corrected chi connectivity index (χ3v) is 3.50. The van der Waals surface area contributed by atoms with Crippen molar-refractivity contribution < 1.29 is 14.7 Å². The summed E-state index contributed by atoms with van der Waals surface area (Å²) in [4.78, 5) is 24.4. The summed E-state index contributed by atoms with van der Waals surface area (Å²) in [5, 5.41) is 11.8. The number of nitrogens with zero attached hydrogens (tertiary/aromatic N) is 1. The van der Waals surface area contributed by atoms with E-state index in [2.05, 4.69) is 11.4 Å². The molecule has 5 nitrogen and oxygen atoms in total. The first kappa shape index (κ1) is 17.7. The fraction of sp³-hybridized carbons (Fsp3) is 0.750. The van der Waals surface area contributed by atoms with E-state index in [-0.39, 0.29) is 19.0 Å². The number of hydrogen-bond acceptors (Lipinski definition) is 3. The molecule has 0 aromatic carbocycles. The molecule has 0 atom stereocenters. The van der Waals surface area contributed by atoms with E-state index in [1.807, 2.05) is 13.8 Å². The first-order chi connectivity index (χ1) is 9.97. The first-order valence-electron chi connectivity index (χ1n) is 7.86. The second-order valence-corrected chi connectivity index (χ2v) is 6.17. The van der Waals surface area contributed by atoms with E-state index >= 15 is 0 Å². The molecule has 5 heteroatoms. The van der Waals surface area contributed by atoms with Crippen LogP contribution in [-0.4, -0.2) is 48.1 Å². The minimum Gasteiger partial charge on any atom is -0.480 e. The van der Waals surface area contributed by atoms with Crippen molar-refractivity contribution in [2.75, 3.05) is 26.2 Å². The van der Waals surface area contributed by atoms with Crippen molar-refractivity contribution in [3.63, 3.8) is 0 Å². The van der Waals surface area contributed by atoms with E-state index < -0.39 is 5.97 Å². The molecule has 0 saturated heterocycles. The van der Waals surface area contributed by atoms with E-state index in [1.165, 1.54) is 18.4 Å². The smallest absolute Gasteiger partial charge is 0.317 e. The van der Waals surface area contributed by atoms with Gasteiger partial charge in [0.1, 0.15) is 0 Å². The molecule has 2 N–H and O–H groups in total. The van der Waals surface area contributed by atoms with Gasteiger partial charge >= 0.3 is 5.97 Å². The van der Waals surface area contributed by atoms with Gasteiger partial charge in [-0.1, -0.05) is 25.5 Å². The highest BCUT2D eigenvalue weighted by Crippen LogP contribution is 2.19. The lowest BCUT2D eigenvalue weighted by atomic mass is 9.97. The molecule has 120 valence electrons. The van der Waals surface area contributed by atoms with Gasteiger partial charge in [0.25, 0.3) is 0 Å². The Kier molecular flexibility index (Phi) is 8.05. The molecule has 1 amide bonds. The van der Waals surface area contributed by atoms with Crippen LogP contribution in [0.15, 0.2) is 11.6 Å². The summed E-state index contributed by atoms with van der Waals surface area (Å²) in [6.45, 7) is 5.36. The molecule has 1 aliphatic rings. The second kappa shape index (κ2) is 9.55. The van der Waals surface area contributed by atoms with Crippen molar-refractivity contribution in [3.05, 3.63) is 11.6 Å². The molecule has 1 rings (SSSR count). The van der Waals surface area contributed by atoms with Crippen LogP contribution in [0.25, 0.3) is 0 Å². The largest absolute Gasteiger partial charge is 0.480 e. The molecule has 21 heavy (non-hydrogen) atoms. The van der Waals surface area contributed by atoms with Crippen LogP contribution >= 0.6 is 0 Å². The number of aliphatic carboxylic acids is 1. The Balaban J connectivity index is 2.28. The maximum Gasteiger partial charge on any atom is 0.317 e. The number of carboxylic acids is 1. The van der Waals surface area contributed by atoms with Crippen molar-refractivity contribution in [3.8, 4) is 0 Å². The quantitative estimate of drug-likeness (QED) is 0.639. The number of carboxylic acid groups (broad SMARTS) is 1. The molecule has 0 aromatic rings. The maximum absolute atomic E-state index is 11.9. The number of amides is 1. The predicted molar refractivity (Wildman–Crippen MR) is 83.1 cm³/mol. The number of nitrogens with one attached hydrogen (secondary N) is 1. The third-order valence-electron chi connectivity index (χ3n) is 3.50. The van der Waals surface area contributed by atoms with Gasteiger partial charge in [0, 0.05) is 13.1 Å². The third kappa shape index (κ3) is 8.50. The highest BCUT2D eigenvalue weighted by molar-refractivity contribution is 5.79. The van der Waals surface area contributed by atoms with Gasteiger partial charge in [0.05, 0.1) is 13.1 Å². The summed E-state index contributed by atoms with van der Waals surface area (Å²) in [7, 11) is 0. The van der Waals surface area contributed by atoms with Crippen molar-refractivity contribution >= 4 is 11.9 Å². The SMILES string of the molecule is CC(C)CN(CC(=O)O)CC(=O)NCCC1=CCCCC1. The molecule has 0 radical (unpaired) electrons. The highest BCUT2D eigenvalue weighted by Gasteiger charge is 2.15. The van der Waals surface area contributed by atoms with Gasteiger partial charge in [-0.25, -0.2) is 0 Å². The number of allylic oxidation sites excluding steroid dienone is 1. The average molecular weight is 296 g/mol. The van der Waals surface area contributed by atoms with Crippen LogP contribution in [0.4, 0.5) is 0 Å². The van der Waals surface area contributed by atoms with Crippen LogP contribution in [0, 0.1) is 5.92 Å². The van der Waals surface area contributed by atoms with E-state index in [1.54, 1.807) is 4.90 Å². The zero-order valence-corrected chi connectivity index (χ0v) is 13.2. The van der Waals surface area contributed by atoms with Crippen LogP contribution in [0.2, 0.25) is 0 Å². The molecular weight excluding hydrogens is 268 g/mol. The topological polar surface area (TPSA) is 69.6 Å². The molecule has 0 fully saturated rings. The van der Waals surface area contributed by atoms with E-state index in [0.29, 0.717) is 19.0 Å². The lowest BCUT2D eigenvalue weighted by Crippen LogP contribution is -2.41. The average Bonchev–Trinajstić information content (AvgIpc) is 2.38. The highest BCUT2D eigenvalue weighted by atomic mass is 16.4. The van der Waals surface area contributed by atoms with E-state index in [4.69, 9.17) is 5.11 Å². The Bertz CT molecular complexity index is 378. The van der Waals surface area contributed by atoms with Crippen molar-refractivity contribution in [1.29, 1.82) is 0 Å². The zero-order valence-electron chi connectivity index (χ0n) is 13.2. The van der Waals surface area contributed by atoms with Crippen molar-refractivity contribution in [1.82, 2.24) is 10.2 Å². The first-order valence-corrected chi connectivity index (χ1v) is 7.86. The summed E-state index contributed by atoms with van der Waals surface area (Å²) in [6.07, 6.45) is 8.02. The predicted octanol–water partition coefficient (Wildman–Crippen LogP) is 2.04. The van der Waals surface area contributed by atoms with Gasteiger partial charge in [0.15, 0.2) is 0 Å². The molecule has 0 aliphatic heterocycles. The van der Waals surface area contributed by atoms with E-state index in [0.717, 1.165) is 19.3 Å². The Labute approximate surface area is 127 Å². The fourth-order valence-corrected chi connectivity index (χ4v) is 2.65. The van der Waals surface area contributed by atoms with Gasteiger partial charge in [-0.2, -0.15) is 0 Å². The summed E-state index contributed by atoms with van der Waals surface area (Å²) < 4.78 is 0. The minimum atomic E-state index is -0.893. The fourth-order valence-electron chi connectivity index (χ4n) is 2.65. The Hall–Kier alpha value is -1.36. The zero-order chi connectivity index (χ0) is 15.7. The van der Waals surface area contributed by atoms with E-state index in [9.17, 15) is 9.59 Å². The molecule has 0 bridgehead atoms. The lowest BCUT2D eigenvalue weighted by Gasteiger charge is -2.21. The molecule has 0 spiro atoms. The summed E-state index contributed by atoms with van der Waals surface area (Å²) in [5.41, 5.74) is 1.44. The Morgan fingerprint density at radius 2 is 2.10 bits per heavy atom. The summed E-state index contributed by atoms with van der Waals surface area (Å²) in [6, 6.07) is 0. The van der Waals surface area contributed by atoms with Gasteiger partial charge in [-0.3, -0.25) is 14.5 Å². The molecule has 0 aromatic heterocycles. The van der Waals surface area contributed by atoms with Gasteiger partial charge in [0.2, 0.25) is 5.91 Å². The normalized spacial score (nSPS) is 15.1. The number of rotatable bonds is 9. The van der Waals surface area contributed by atoms with Gasteiger partial charge in [-0.05, 0) is 38.0 Å². The monoisotopic (exact) mass is 296 g/mol. The Morgan fingerprint density at radius 3 is 2.67 bits per heavy atom. The molecule has 0 saturated carbocycles. The molecule has 0 unspecified atom stereocenters. The summed E-state index contributed by atoms with van der Waals surface area (Å²) >= 11 is 0. The molecular formula is C16H28N2O3. The second-order valence-electron chi connectivity index (χ2n) is 6.17. The minimum absolute atomic E-state index is 0.0866. The maximum atomic E-state index is 11.9. The van der Waals surface area contributed by atoms with Gasteiger partial charge < -0.3 is 10.4 Å². The Morgan fingerprint density at radius 1 is 1.33 bits per heavy atom. The molecule has 1 aliphatic carbocycles. The lowest BCUT2D eigenvalue weighted by molar-refractivity contribution is -0.138. The van der Waals surface area contributed by atoms with Crippen LogP contribution in [0.3, 0.4) is 0 Å². The van der Waals surface area contributed by atoms with Gasteiger partial charge in [-0.15, -0.1) is 0 Å². The van der Waals surface area contributed by atoms with Crippen LogP contribution in [0.1, 0.15) is 46.0 Å². The van der Waals surface area contributed by atoms with Crippen molar-refractivity contribution in [2.45, 2.75) is 46.0 Å². The van der Waals surface area contributed by atoms with Crippen LogP contribution in [0.5, 0.6) is 0 Å². The number of carbonyl (C=O) groups excluding carboxylic acids is 1. The van der Waals surface area contributed by atoms with Crippen LogP contribution < -0.4 is 5.32 Å². The van der Waals surface area contributed by atoms with Crippen molar-refractivity contribution in [2.24, 2.45) is 5.92 Å². The van der Waals surface area contributed by atoms with Crippen LogP contribution in [-0.2, 0) is 9.59 Å². The molecule has 0 heterocycles. The standard InChI is InChI=1S/C16H28N2O3/c1-13(2)10-18(12-16(20)21)11-15(19)17-9-8-14-6-4-3-5-7-14/h6,13H,3-5,7-12H2,1-2H3,(H,17,19)(H,20,21). The summed E-state index contributed by atoms with van der Waals surface area (Å²) in [5.74, 6) is -0.645. The number of hydrogen-bond donors (Lipinski definition) is 2. The number of carbonyl (C=O) groups is 2.